The summed E-state index contributed by atoms with van der Waals surface area (Å²) in [5.41, 5.74) is 12.1. The van der Waals surface area contributed by atoms with Gasteiger partial charge in [0.05, 0.1) is 0 Å². The van der Waals surface area contributed by atoms with Crippen molar-refractivity contribution < 1.29 is 4.57 Å². The quantitative estimate of drug-likeness (QED) is 0.121. The van der Waals surface area contributed by atoms with Crippen molar-refractivity contribution in [2.24, 2.45) is 0 Å². The molecule has 0 N–H and O–H groups in total. The summed E-state index contributed by atoms with van der Waals surface area (Å²) in [6, 6.07) is 84.1. The molecule has 1 aliphatic carbocycles. The minimum atomic E-state index is -3.11. The van der Waals surface area contributed by atoms with Gasteiger partial charge in [-0.15, -0.1) is 0 Å². The Kier molecular flexibility index (Phi) is 11.9. The zero-order valence-corrected chi connectivity index (χ0v) is 38.7. The Morgan fingerprint density at radius 2 is 0.603 bits per heavy atom. The van der Waals surface area contributed by atoms with Crippen molar-refractivity contribution in [2.45, 2.75) is 37.5 Å². The standard InChI is InChI=1S/C63H50N3OP/c67-68(57-22-10-3-11-23-57,58-24-12-4-13-25-58)59-26-16-21-54(45-59)50-35-39-55(40-36-50)63(43-14-5-15-44-63)56-41-37-53(38-42-56)62-65-60(51-31-27-48(28-32-51)46-17-6-1-7-18-46)64-61(66-62)52-33-29-49(30-34-52)47-19-8-2-9-20-47/h1-4,6-13,16-42,45H,5,14-15,43-44H2. The maximum atomic E-state index is 15.2. The number of hydrogen-bond acceptors (Lipinski definition) is 4. The van der Waals surface area contributed by atoms with E-state index in [9.17, 15) is 0 Å². The molecule has 0 radical (unpaired) electrons. The molecule has 1 saturated carbocycles. The van der Waals surface area contributed by atoms with E-state index in [1.807, 2.05) is 84.9 Å². The molecule has 1 heterocycles. The Morgan fingerprint density at radius 1 is 0.294 bits per heavy atom. The van der Waals surface area contributed by atoms with Crippen molar-refractivity contribution in [3.05, 3.63) is 254 Å². The molecule has 0 saturated heterocycles. The highest BCUT2D eigenvalue weighted by molar-refractivity contribution is 7.85. The SMILES string of the molecule is O=P(c1ccccc1)(c1ccccc1)c1cccc(-c2ccc(C3(c4ccc(-c5nc(-c6ccc(-c7ccccc7)cc6)nc(-c6ccc(-c7ccccc7)cc6)n5)cc4)CCCCC3)cc2)c1. The zero-order valence-electron chi connectivity index (χ0n) is 37.8. The minimum Gasteiger partial charge on any atom is -0.309 e. The molecular weight excluding hydrogens is 846 g/mol. The van der Waals surface area contributed by atoms with Crippen LogP contribution in [0.3, 0.4) is 0 Å². The van der Waals surface area contributed by atoms with Gasteiger partial charge in [-0.25, -0.2) is 15.0 Å². The van der Waals surface area contributed by atoms with Crippen LogP contribution in [0.1, 0.15) is 43.2 Å². The van der Waals surface area contributed by atoms with Crippen LogP contribution < -0.4 is 15.9 Å². The predicted octanol–water partition coefficient (Wildman–Crippen LogP) is 14.8. The third-order valence-electron chi connectivity index (χ3n) is 13.8. The van der Waals surface area contributed by atoms with Crippen LogP contribution in [0.4, 0.5) is 0 Å². The van der Waals surface area contributed by atoms with Gasteiger partial charge < -0.3 is 4.57 Å². The molecular formula is C63H50N3OP. The number of rotatable bonds is 11. The molecule has 0 spiro atoms. The lowest BCUT2D eigenvalue weighted by molar-refractivity contribution is 0.346. The van der Waals surface area contributed by atoms with Gasteiger partial charge in [-0.05, 0) is 63.4 Å². The summed E-state index contributed by atoms with van der Waals surface area (Å²) in [5.74, 6) is 1.92. The second-order valence-electron chi connectivity index (χ2n) is 17.8. The van der Waals surface area contributed by atoms with E-state index in [0.29, 0.717) is 17.5 Å². The predicted molar refractivity (Wildman–Crippen MR) is 282 cm³/mol. The highest BCUT2D eigenvalue weighted by Crippen LogP contribution is 2.47. The smallest absolute Gasteiger partial charge is 0.171 e. The van der Waals surface area contributed by atoms with E-state index < -0.39 is 7.14 Å². The molecule has 0 unspecified atom stereocenters. The molecule has 11 rings (SSSR count). The molecule has 1 aromatic heterocycles. The Balaban J connectivity index is 0.923. The normalized spacial score (nSPS) is 13.5. The monoisotopic (exact) mass is 895 g/mol. The maximum Gasteiger partial charge on any atom is 0.171 e. The Hall–Kier alpha value is -7.78. The molecule has 0 amide bonds. The van der Waals surface area contributed by atoms with Gasteiger partial charge in [-0.2, -0.15) is 0 Å². The summed E-state index contributed by atoms with van der Waals surface area (Å²) < 4.78 is 15.2. The van der Waals surface area contributed by atoms with E-state index in [4.69, 9.17) is 15.0 Å². The Labute approximate surface area is 399 Å². The topological polar surface area (TPSA) is 55.7 Å². The maximum absolute atomic E-state index is 15.2. The fourth-order valence-corrected chi connectivity index (χ4v) is 12.8. The lowest BCUT2D eigenvalue weighted by atomic mass is 9.65. The summed E-state index contributed by atoms with van der Waals surface area (Å²) in [7, 11) is -3.11. The molecule has 0 bridgehead atoms. The van der Waals surface area contributed by atoms with Crippen LogP contribution >= 0.6 is 7.14 Å². The van der Waals surface area contributed by atoms with Gasteiger partial charge in [0, 0.05) is 38.0 Å². The highest BCUT2D eigenvalue weighted by Gasteiger charge is 2.36. The number of aromatic nitrogens is 3. The van der Waals surface area contributed by atoms with Gasteiger partial charge in [0.25, 0.3) is 0 Å². The number of nitrogens with zero attached hydrogens (tertiary/aromatic N) is 3. The third-order valence-corrected chi connectivity index (χ3v) is 16.8. The van der Waals surface area contributed by atoms with Crippen LogP contribution in [-0.4, -0.2) is 15.0 Å². The van der Waals surface area contributed by atoms with Crippen molar-refractivity contribution in [1.29, 1.82) is 0 Å². The second-order valence-corrected chi connectivity index (χ2v) is 20.6. The number of benzene rings is 9. The first-order valence-electron chi connectivity index (χ1n) is 23.7. The van der Waals surface area contributed by atoms with Crippen LogP contribution in [0.2, 0.25) is 0 Å². The van der Waals surface area contributed by atoms with Crippen LogP contribution in [-0.2, 0) is 9.98 Å². The van der Waals surface area contributed by atoms with Crippen LogP contribution in [0.15, 0.2) is 243 Å². The molecule has 1 fully saturated rings. The largest absolute Gasteiger partial charge is 0.309 e. The van der Waals surface area contributed by atoms with Crippen LogP contribution in [0.5, 0.6) is 0 Å². The molecule has 10 aromatic rings. The Morgan fingerprint density at radius 3 is 1.03 bits per heavy atom. The first-order chi connectivity index (χ1) is 33.5. The van der Waals surface area contributed by atoms with Gasteiger partial charge in [-0.1, -0.05) is 256 Å². The van der Waals surface area contributed by atoms with Crippen LogP contribution in [0, 0.1) is 0 Å². The average Bonchev–Trinajstić information content (AvgIpc) is 3.44. The van der Waals surface area contributed by atoms with E-state index in [0.717, 1.165) is 67.7 Å². The first-order valence-corrected chi connectivity index (χ1v) is 25.4. The van der Waals surface area contributed by atoms with Crippen molar-refractivity contribution in [3.8, 4) is 67.5 Å². The van der Waals surface area contributed by atoms with E-state index in [-0.39, 0.29) is 5.41 Å². The summed E-state index contributed by atoms with van der Waals surface area (Å²) in [6.07, 6.45) is 5.74. The van der Waals surface area contributed by atoms with E-state index in [1.54, 1.807) is 0 Å². The van der Waals surface area contributed by atoms with Gasteiger partial charge in [-0.3, -0.25) is 0 Å². The van der Waals surface area contributed by atoms with E-state index >= 15 is 4.57 Å². The van der Waals surface area contributed by atoms with E-state index in [2.05, 4.69) is 158 Å². The third kappa shape index (κ3) is 8.45. The minimum absolute atomic E-state index is 0.121. The summed E-state index contributed by atoms with van der Waals surface area (Å²) in [5, 5.41) is 2.51. The average molecular weight is 896 g/mol. The molecule has 9 aromatic carbocycles. The van der Waals surface area contributed by atoms with Crippen molar-refractivity contribution in [1.82, 2.24) is 15.0 Å². The number of hydrogen-bond donors (Lipinski definition) is 0. The highest BCUT2D eigenvalue weighted by atomic mass is 31.2. The molecule has 4 nitrogen and oxygen atoms in total. The molecule has 68 heavy (non-hydrogen) atoms. The Bertz CT molecular complexity index is 3190. The summed E-state index contributed by atoms with van der Waals surface area (Å²) in [4.78, 5) is 15.4. The van der Waals surface area contributed by atoms with Gasteiger partial charge in [0.1, 0.15) is 0 Å². The zero-order chi connectivity index (χ0) is 45.8. The second kappa shape index (κ2) is 18.8. The molecule has 5 heteroatoms. The summed E-state index contributed by atoms with van der Waals surface area (Å²) in [6.45, 7) is 0. The van der Waals surface area contributed by atoms with Crippen molar-refractivity contribution in [2.75, 3.05) is 0 Å². The molecule has 1 aliphatic rings. The van der Waals surface area contributed by atoms with Crippen molar-refractivity contribution >= 4 is 23.1 Å². The lowest BCUT2D eigenvalue weighted by Crippen LogP contribution is -2.30. The van der Waals surface area contributed by atoms with E-state index in [1.165, 1.54) is 41.5 Å². The fraction of sp³-hybridized carbons (Fsp3) is 0.0952. The first kappa shape index (κ1) is 42.8. The molecule has 0 aliphatic heterocycles. The van der Waals surface area contributed by atoms with Crippen molar-refractivity contribution in [3.63, 3.8) is 0 Å². The van der Waals surface area contributed by atoms with Gasteiger partial charge in [0.2, 0.25) is 0 Å². The lowest BCUT2D eigenvalue weighted by Gasteiger charge is -2.39. The van der Waals surface area contributed by atoms with Gasteiger partial charge >= 0.3 is 0 Å². The summed E-state index contributed by atoms with van der Waals surface area (Å²) >= 11 is 0. The fourth-order valence-electron chi connectivity index (χ4n) is 10.1. The molecule has 328 valence electrons. The molecule has 0 atom stereocenters. The van der Waals surface area contributed by atoms with Crippen LogP contribution in [0.25, 0.3) is 67.5 Å². The van der Waals surface area contributed by atoms with Gasteiger partial charge in [0.15, 0.2) is 24.6 Å².